The van der Waals surface area contributed by atoms with Crippen molar-refractivity contribution < 1.29 is 9.53 Å². The van der Waals surface area contributed by atoms with E-state index < -0.39 is 0 Å². The summed E-state index contributed by atoms with van der Waals surface area (Å²) in [6.45, 7) is 1.08. The summed E-state index contributed by atoms with van der Waals surface area (Å²) in [6, 6.07) is 7.80. The van der Waals surface area contributed by atoms with E-state index in [4.69, 9.17) is 16.3 Å². The van der Waals surface area contributed by atoms with Gasteiger partial charge in [0.1, 0.15) is 12.4 Å². The maximum Gasteiger partial charge on any atom is 0.233 e. The minimum Gasteiger partial charge on any atom is -0.484 e. The molecule has 1 aliphatic heterocycles. The van der Waals surface area contributed by atoms with Crippen LogP contribution in [0.2, 0.25) is 5.02 Å². The Bertz CT molecular complexity index is 793. The van der Waals surface area contributed by atoms with E-state index in [0.717, 1.165) is 49.6 Å². The number of hydrogen-bond acceptors (Lipinski definition) is 5. The number of ether oxygens (including phenoxy) is 1. The van der Waals surface area contributed by atoms with E-state index in [2.05, 4.69) is 20.1 Å². The van der Waals surface area contributed by atoms with Crippen molar-refractivity contribution in [2.75, 3.05) is 6.54 Å². The van der Waals surface area contributed by atoms with E-state index in [1.165, 1.54) is 11.8 Å². The first-order valence-corrected chi connectivity index (χ1v) is 10.2. The summed E-state index contributed by atoms with van der Waals surface area (Å²) in [7, 11) is 0. The van der Waals surface area contributed by atoms with Gasteiger partial charge >= 0.3 is 0 Å². The van der Waals surface area contributed by atoms with Crippen LogP contribution in [0.1, 0.15) is 44.0 Å². The average molecular weight is 393 g/mol. The van der Waals surface area contributed by atoms with Crippen LogP contribution in [0.4, 0.5) is 0 Å². The molecule has 138 valence electrons. The van der Waals surface area contributed by atoms with Gasteiger partial charge in [0.15, 0.2) is 11.0 Å². The van der Waals surface area contributed by atoms with Crippen LogP contribution in [0.15, 0.2) is 29.4 Å². The highest BCUT2D eigenvalue weighted by Gasteiger charge is 2.32. The number of halogens is 1. The Balaban J connectivity index is 1.50. The molecule has 0 radical (unpaired) electrons. The first-order valence-electron chi connectivity index (χ1n) is 8.98. The molecular weight excluding hydrogens is 372 g/mol. The average Bonchev–Trinajstić information content (AvgIpc) is 3.43. The number of carbonyl (C=O) groups excluding carboxylic acids is 1. The van der Waals surface area contributed by atoms with Crippen LogP contribution in [-0.4, -0.2) is 32.5 Å². The van der Waals surface area contributed by atoms with Crippen molar-refractivity contribution >= 4 is 29.3 Å². The lowest BCUT2D eigenvalue weighted by atomic mass is 10.2. The number of carbonyl (C=O) groups is 1. The van der Waals surface area contributed by atoms with Gasteiger partial charge in [-0.3, -0.25) is 9.36 Å². The van der Waals surface area contributed by atoms with Gasteiger partial charge in [-0.25, -0.2) is 0 Å². The molecule has 2 fully saturated rings. The van der Waals surface area contributed by atoms with E-state index in [1.807, 2.05) is 18.2 Å². The maximum absolute atomic E-state index is 12.2. The van der Waals surface area contributed by atoms with Crippen LogP contribution in [0.5, 0.6) is 5.75 Å². The quantitative estimate of drug-likeness (QED) is 0.813. The Hall–Kier alpha value is -1.73. The third kappa shape index (κ3) is 3.99. The van der Waals surface area contributed by atoms with Crippen LogP contribution < -0.4 is 10.1 Å². The van der Waals surface area contributed by atoms with Gasteiger partial charge in [-0.05, 0) is 37.8 Å². The predicted octanol–water partition coefficient (Wildman–Crippen LogP) is 3.61. The maximum atomic E-state index is 12.2. The number of nitrogens with zero attached hydrogens (tertiary/aromatic N) is 3. The number of benzene rings is 1. The zero-order valence-corrected chi connectivity index (χ0v) is 15.9. The smallest absolute Gasteiger partial charge is 0.233 e. The van der Waals surface area contributed by atoms with Gasteiger partial charge in [0, 0.05) is 12.6 Å². The zero-order valence-electron chi connectivity index (χ0n) is 14.4. The lowest BCUT2D eigenvalue weighted by molar-refractivity contribution is -0.120. The van der Waals surface area contributed by atoms with E-state index in [1.54, 1.807) is 6.07 Å². The molecule has 1 aromatic heterocycles. The number of hydrogen-bond donors (Lipinski definition) is 1. The second-order valence-corrected chi connectivity index (χ2v) is 8.19. The largest absolute Gasteiger partial charge is 0.484 e. The molecule has 4 rings (SSSR count). The molecule has 1 saturated heterocycles. The minimum atomic E-state index is -0.100. The van der Waals surface area contributed by atoms with Crippen molar-refractivity contribution in [2.45, 2.75) is 55.2 Å². The minimum absolute atomic E-state index is 0.100. The molecule has 1 atom stereocenters. The van der Waals surface area contributed by atoms with Crippen molar-refractivity contribution in [2.24, 2.45) is 0 Å². The van der Waals surface area contributed by atoms with Crippen LogP contribution in [-0.2, 0) is 11.4 Å². The molecular formula is C18H21ClN4O2S. The highest BCUT2D eigenvalue weighted by atomic mass is 35.5. The highest BCUT2D eigenvalue weighted by Crippen LogP contribution is 2.40. The first-order chi connectivity index (χ1) is 12.7. The number of rotatable bonds is 6. The fourth-order valence-corrected chi connectivity index (χ4v) is 4.42. The fraction of sp³-hybridized carbons (Fsp3) is 0.500. The van der Waals surface area contributed by atoms with Gasteiger partial charge in [-0.2, -0.15) is 0 Å². The lowest BCUT2D eigenvalue weighted by Crippen LogP contribution is -2.30. The first kappa shape index (κ1) is 17.7. The van der Waals surface area contributed by atoms with E-state index in [0.29, 0.717) is 23.4 Å². The number of nitrogens with one attached hydrogen (secondary N) is 1. The molecule has 2 heterocycles. The van der Waals surface area contributed by atoms with Gasteiger partial charge in [-0.15, -0.1) is 10.2 Å². The van der Waals surface area contributed by atoms with Crippen molar-refractivity contribution in [1.29, 1.82) is 0 Å². The molecule has 1 saturated carbocycles. The summed E-state index contributed by atoms with van der Waals surface area (Å²) >= 11 is 7.68. The Morgan fingerprint density at radius 2 is 2.08 bits per heavy atom. The Morgan fingerprint density at radius 3 is 2.88 bits per heavy atom. The fourth-order valence-electron chi connectivity index (χ4n) is 3.04. The number of thioether (sulfide) groups is 1. The molecule has 6 nitrogen and oxygen atoms in total. The Morgan fingerprint density at radius 1 is 1.23 bits per heavy atom. The third-order valence-corrected chi connectivity index (χ3v) is 6.11. The van der Waals surface area contributed by atoms with Crippen molar-refractivity contribution in [3.63, 3.8) is 0 Å². The van der Waals surface area contributed by atoms with E-state index in [-0.39, 0.29) is 11.2 Å². The topological polar surface area (TPSA) is 69.0 Å². The SMILES string of the molecule is O=C1NCCCC[C@H]1Sc1nnc(COc2ccccc2Cl)n1C1CC1. The molecule has 1 aliphatic carbocycles. The predicted molar refractivity (Wildman–Crippen MR) is 101 cm³/mol. The summed E-state index contributed by atoms with van der Waals surface area (Å²) in [4.78, 5) is 12.2. The summed E-state index contributed by atoms with van der Waals surface area (Å²) in [5, 5.41) is 13.0. The summed E-state index contributed by atoms with van der Waals surface area (Å²) in [5.74, 6) is 1.52. The van der Waals surface area contributed by atoms with E-state index in [9.17, 15) is 4.79 Å². The highest BCUT2D eigenvalue weighted by molar-refractivity contribution is 8.00. The molecule has 26 heavy (non-hydrogen) atoms. The van der Waals surface area contributed by atoms with Crippen LogP contribution in [0, 0.1) is 0 Å². The van der Waals surface area contributed by atoms with Crippen molar-refractivity contribution in [3.05, 3.63) is 35.1 Å². The third-order valence-electron chi connectivity index (χ3n) is 4.57. The summed E-state index contributed by atoms with van der Waals surface area (Å²) in [5.41, 5.74) is 0. The van der Waals surface area contributed by atoms with Gasteiger partial charge in [0.2, 0.25) is 5.91 Å². The standard InChI is InChI=1S/C18H21ClN4O2S/c19-13-5-1-2-6-14(13)25-11-16-21-22-18(23(16)12-8-9-12)26-15-7-3-4-10-20-17(15)24/h1-2,5-6,12,15H,3-4,7-11H2,(H,20,24)/t15-/m1/s1. The molecule has 0 unspecified atom stereocenters. The second kappa shape index (κ2) is 7.88. The summed E-state index contributed by atoms with van der Waals surface area (Å²) < 4.78 is 7.98. The molecule has 2 aromatic rings. The van der Waals surface area contributed by atoms with Crippen LogP contribution in [0.25, 0.3) is 0 Å². The molecule has 2 aliphatic rings. The Kier molecular flexibility index (Phi) is 5.36. The van der Waals surface area contributed by atoms with Crippen molar-refractivity contribution in [1.82, 2.24) is 20.1 Å². The molecule has 1 amide bonds. The second-order valence-electron chi connectivity index (χ2n) is 6.61. The number of aromatic nitrogens is 3. The monoisotopic (exact) mass is 392 g/mol. The number of para-hydroxylation sites is 1. The van der Waals surface area contributed by atoms with Gasteiger partial charge in [0.05, 0.1) is 10.3 Å². The van der Waals surface area contributed by atoms with Crippen molar-refractivity contribution in [3.8, 4) is 5.75 Å². The van der Waals surface area contributed by atoms with Gasteiger partial charge in [-0.1, -0.05) is 41.9 Å². The lowest BCUT2D eigenvalue weighted by Gasteiger charge is -2.14. The molecule has 1 N–H and O–H groups in total. The summed E-state index contributed by atoms with van der Waals surface area (Å²) in [6.07, 6.45) is 5.19. The van der Waals surface area contributed by atoms with Gasteiger partial charge < -0.3 is 10.1 Å². The molecule has 0 bridgehead atoms. The molecule has 0 spiro atoms. The molecule has 1 aromatic carbocycles. The van der Waals surface area contributed by atoms with E-state index >= 15 is 0 Å². The van der Waals surface area contributed by atoms with Crippen LogP contribution in [0.3, 0.4) is 0 Å². The molecule has 8 heteroatoms. The number of amides is 1. The zero-order chi connectivity index (χ0) is 17.9. The van der Waals surface area contributed by atoms with Crippen LogP contribution >= 0.6 is 23.4 Å². The normalized spacial score (nSPS) is 20.5. The Labute approximate surface area is 161 Å². The van der Waals surface area contributed by atoms with Gasteiger partial charge in [0.25, 0.3) is 0 Å².